The zero-order valence-electron chi connectivity index (χ0n) is 18.9. The number of hydrogen-bond acceptors (Lipinski definition) is 5. The molecular weight excluding hydrogens is 416 g/mol. The van der Waals surface area contributed by atoms with Crippen LogP contribution in [0.2, 0.25) is 0 Å². The van der Waals surface area contributed by atoms with Gasteiger partial charge in [-0.25, -0.2) is 14.5 Å². The van der Waals surface area contributed by atoms with Gasteiger partial charge in [0.2, 0.25) is 0 Å². The predicted octanol–water partition coefficient (Wildman–Crippen LogP) is 4.22. The normalized spacial score (nSPS) is 11.4. The molecule has 4 aromatic rings. The minimum absolute atomic E-state index is 0.321. The number of hydrogen-bond donors (Lipinski definition) is 1. The van der Waals surface area contributed by atoms with Crippen LogP contribution in [0.5, 0.6) is 0 Å². The van der Waals surface area contributed by atoms with E-state index in [-0.39, 0.29) is 12.5 Å². The van der Waals surface area contributed by atoms with Crippen molar-refractivity contribution in [1.82, 2.24) is 20.1 Å². The smallest absolute Gasteiger partial charge is 0.339 e. The van der Waals surface area contributed by atoms with Crippen LogP contribution in [0.25, 0.3) is 22.3 Å². The Morgan fingerprint density at radius 3 is 2.33 bits per heavy atom. The number of carbonyl (C=O) groups excluding carboxylic acids is 2. The Kier molecular flexibility index (Phi) is 6.22. The molecule has 2 heterocycles. The number of pyridine rings is 1. The highest BCUT2D eigenvalue weighted by Gasteiger charge is 2.21. The molecule has 0 aliphatic carbocycles. The van der Waals surface area contributed by atoms with Gasteiger partial charge in [0.15, 0.2) is 12.3 Å². The van der Waals surface area contributed by atoms with Crippen LogP contribution in [0.4, 0.5) is 0 Å². The van der Waals surface area contributed by atoms with Gasteiger partial charge in [-0.05, 0) is 32.4 Å². The van der Waals surface area contributed by atoms with Gasteiger partial charge in [0.1, 0.15) is 0 Å². The van der Waals surface area contributed by atoms with Gasteiger partial charge in [0.05, 0.1) is 29.4 Å². The fraction of sp³-hybridized carbons (Fsp3) is 0.231. The first kappa shape index (κ1) is 22.2. The summed E-state index contributed by atoms with van der Waals surface area (Å²) in [5.74, 6) is -0.952. The number of benzene rings is 2. The summed E-state index contributed by atoms with van der Waals surface area (Å²) in [6.07, 6.45) is 1.62. The fourth-order valence-electron chi connectivity index (χ4n) is 3.51. The van der Waals surface area contributed by atoms with Gasteiger partial charge in [0, 0.05) is 11.1 Å². The van der Waals surface area contributed by atoms with E-state index in [2.05, 4.69) is 10.4 Å². The van der Waals surface area contributed by atoms with Gasteiger partial charge < -0.3 is 10.1 Å². The van der Waals surface area contributed by atoms with Crippen LogP contribution in [0.3, 0.4) is 0 Å². The number of nitrogens with zero attached hydrogens (tertiary/aromatic N) is 3. The molecule has 0 atom stereocenters. The second-order valence-corrected chi connectivity index (χ2v) is 8.82. The first-order valence-electron chi connectivity index (χ1n) is 10.7. The van der Waals surface area contributed by atoms with Crippen molar-refractivity contribution < 1.29 is 14.3 Å². The standard InChI is InChI=1S/C26H26N4O3/c1-26(2,3)29-23(31)17-33-25(32)20-14-22(19-12-8-5-9-13-19)28-24-21(20)15-27-30(24)16-18-10-6-4-7-11-18/h4-15H,16-17H2,1-3H3,(H,29,31). The Bertz CT molecular complexity index is 1280. The van der Waals surface area contributed by atoms with Gasteiger partial charge in [-0.15, -0.1) is 0 Å². The van der Waals surface area contributed by atoms with Crippen molar-refractivity contribution in [3.8, 4) is 11.3 Å². The number of fused-ring (bicyclic) bond motifs is 1. The lowest BCUT2D eigenvalue weighted by molar-refractivity contribution is -0.125. The van der Waals surface area contributed by atoms with Crippen LogP contribution in [0, 0.1) is 0 Å². The highest BCUT2D eigenvalue weighted by Crippen LogP contribution is 2.26. The summed E-state index contributed by atoms with van der Waals surface area (Å²) < 4.78 is 7.11. The van der Waals surface area contributed by atoms with Crippen molar-refractivity contribution in [2.24, 2.45) is 0 Å². The average Bonchev–Trinajstić information content (AvgIpc) is 3.19. The van der Waals surface area contributed by atoms with E-state index in [4.69, 9.17) is 9.72 Å². The number of rotatable bonds is 6. The third-order valence-electron chi connectivity index (χ3n) is 4.92. The molecule has 0 saturated heterocycles. The van der Waals surface area contributed by atoms with E-state index >= 15 is 0 Å². The Balaban J connectivity index is 1.70. The Labute approximate surface area is 192 Å². The molecule has 0 unspecified atom stereocenters. The monoisotopic (exact) mass is 442 g/mol. The van der Waals surface area contributed by atoms with Gasteiger partial charge in [-0.3, -0.25) is 4.79 Å². The molecule has 33 heavy (non-hydrogen) atoms. The van der Waals surface area contributed by atoms with E-state index in [0.29, 0.717) is 28.8 Å². The molecule has 0 aliphatic rings. The largest absolute Gasteiger partial charge is 0.452 e. The van der Waals surface area contributed by atoms with Crippen LogP contribution in [-0.2, 0) is 16.1 Å². The van der Waals surface area contributed by atoms with E-state index in [1.54, 1.807) is 16.9 Å². The number of ether oxygens (including phenoxy) is 1. The van der Waals surface area contributed by atoms with E-state index in [1.165, 1.54) is 0 Å². The van der Waals surface area contributed by atoms with E-state index < -0.39 is 11.5 Å². The second-order valence-electron chi connectivity index (χ2n) is 8.82. The lowest BCUT2D eigenvalue weighted by Crippen LogP contribution is -2.42. The summed E-state index contributed by atoms with van der Waals surface area (Å²) in [6, 6.07) is 21.2. The summed E-state index contributed by atoms with van der Waals surface area (Å²) in [5.41, 5.74) is 3.05. The zero-order valence-corrected chi connectivity index (χ0v) is 18.9. The maximum absolute atomic E-state index is 13.0. The van der Waals surface area contributed by atoms with Crippen LogP contribution < -0.4 is 5.32 Å². The third kappa shape index (κ3) is 5.44. The molecule has 0 saturated carbocycles. The maximum atomic E-state index is 13.0. The third-order valence-corrected chi connectivity index (χ3v) is 4.92. The van der Waals surface area contributed by atoms with Gasteiger partial charge in [-0.2, -0.15) is 5.10 Å². The van der Waals surface area contributed by atoms with Crippen LogP contribution >= 0.6 is 0 Å². The molecule has 2 aromatic carbocycles. The van der Waals surface area contributed by atoms with Crippen LogP contribution in [0.1, 0.15) is 36.7 Å². The molecule has 2 aromatic heterocycles. The molecule has 0 bridgehead atoms. The van der Waals surface area contributed by atoms with Gasteiger partial charge in [0.25, 0.3) is 5.91 Å². The van der Waals surface area contributed by atoms with Crippen molar-refractivity contribution in [2.45, 2.75) is 32.9 Å². The van der Waals surface area contributed by atoms with Crippen molar-refractivity contribution in [1.29, 1.82) is 0 Å². The topological polar surface area (TPSA) is 86.1 Å². The van der Waals surface area contributed by atoms with Crippen molar-refractivity contribution in [3.05, 3.63) is 84.1 Å². The molecule has 7 heteroatoms. The molecule has 1 amide bonds. The van der Waals surface area contributed by atoms with Crippen LogP contribution in [0.15, 0.2) is 72.9 Å². The number of amides is 1. The average molecular weight is 443 g/mol. The summed E-state index contributed by atoms with van der Waals surface area (Å²) in [7, 11) is 0. The second kappa shape index (κ2) is 9.24. The molecule has 0 spiro atoms. The Morgan fingerprint density at radius 2 is 1.67 bits per heavy atom. The van der Waals surface area contributed by atoms with Crippen LogP contribution in [-0.4, -0.2) is 38.8 Å². The van der Waals surface area contributed by atoms with E-state index in [9.17, 15) is 9.59 Å². The van der Waals surface area contributed by atoms with Crippen molar-refractivity contribution in [2.75, 3.05) is 6.61 Å². The van der Waals surface area contributed by atoms with Gasteiger partial charge >= 0.3 is 5.97 Å². The molecule has 168 valence electrons. The van der Waals surface area contributed by atoms with E-state index in [1.807, 2.05) is 81.4 Å². The molecular formula is C26H26N4O3. The fourth-order valence-corrected chi connectivity index (χ4v) is 3.51. The Morgan fingerprint density at radius 1 is 1.00 bits per heavy atom. The quantitative estimate of drug-likeness (QED) is 0.452. The van der Waals surface area contributed by atoms with Crippen molar-refractivity contribution in [3.63, 3.8) is 0 Å². The summed E-state index contributed by atoms with van der Waals surface area (Å²) >= 11 is 0. The zero-order chi connectivity index (χ0) is 23.4. The molecule has 0 fully saturated rings. The molecule has 4 rings (SSSR count). The first-order chi connectivity index (χ1) is 15.8. The lowest BCUT2D eigenvalue weighted by Gasteiger charge is -2.20. The maximum Gasteiger partial charge on any atom is 0.339 e. The number of esters is 1. The first-order valence-corrected chi connectivity index (χ1v) is 10.7. The summed E-state index contributed by atoms with van der Waals surface area (Å²) in [4.78, 5) is 30.0. The number of nitrogens with one attached hydrogen (secondary N) is 1. The summed E-state index contributed by atoms with van der Waals surface area (Å²) in [5, 5.41) is 7.84. The molecule has 0 aliphatic heterocycles. The molecule has 0 radical (unpaired) electrons. The van der Waals surface area contributed by atoms with Gasteiger partial charge in [-0.1, -0.05) is 60.7 Å². The van der Waals surface area contributed by atoms with E-state index in [0.717, 1.165) is 11.1 Å². The van der Waals surface area contributed by atoms with Crippen molar-refractivity contribution >= 4 is 22.9 Å². The minimum Gasteiger partial charge on any atom is -0.452 e. The number of aromatic nitrogens is 3. The molecule has 7 nitrogen and oxygen atoms in total. The summed E-state index contributed by atoms with van der Waals surface area (Å²) in [6.45, 7) is 5.75. The Hall–Kier alpha value is -4.00. The lowest BCUT2D eigenvalue weighted by atomic mass is 10.1. The SMILES string of the molecule is CC(C)(C)NC(=O)COC(=O)c1cc(-c2ccccc2)nc2c1cnn2Cc1ccccc1. The minimum atomic E-state index is -0.595. The number of carbonyl (C=O) groups is 2. The highest BCUT2D eigenvalue weighted by molar-refractivity contribution is 6.04. The predicted molar refractivity (Wildman–Crippen MR) is 127 cm³/mol. The molecule has 1 N–H and O–H groups in total. The highest BCUT2D eigenvalue weighted by atomic mass is 16.5.